The summed E-state index contributed by atoms with van der Waals surface area (Å²) in [6.45, 7) is 1.62. The minimum absolute atomic E-state index is 0.173. The maximum absolute atomic E-state index is 11.0. The quantitative estimate of drug-likeness (QED) is 0.753. The molecule has 82 valence electrons. The number of hydrogen-bond acceptors (Lipinski definition) is 2. The number of aryl methyl sites for hydroxylation is 1. The molecule has 1 atom stereocenters. The van der Waals surface area contributed by atoms with E-state index >= 15 is 0 Å². The van der Waals surface area contributed by atoms with Gasteiger partial charge in [-0.2, -0.15) is 0 Å². The predicted molar refractivity (Wildman–Crippen MR) is 58.3 cm³/mol. The first kappa shape index (κ1) is 10.2. The summed E-state index contributed by atoms with van der Waals surface area (Å²) in [5.41, 5.74) is 1.27. The van der Waals surface area contributed by atoms with Crippen LogP contribution >= 0.6 is 0 Å². The zero-order chi connectivity index (χ0) is 10.7. The van der Waals surface area contributed by atoms with Gasteiger partial charge in [-0.1, -0.05) is 0 Å². The fourth-order valence-electron chi connectivity index (χ4n) is 1.84. The van der Waals surface area contributed by atoms with Crippen molar-refractivity contribution in [1.82, 2.24) is 15.2 Å². The number of nitrogens with one attached hydrogen (secondary N) is 2. The molecule has 4 nitrogen and oxygen atoms in total. The molecule has 1 saturated heterocycles. The molecule has 0 spiro atoms. The van der Waals surface area contributed by atoms with Crippen LogP contribution in [0, 0.1) is 0 Å². The third-order valence-electron chi connectivity index (χ3n) is 2.89. The topological polar surface area (TPSA) is 46.1 Å². The third-order valence-corrected chi connectivity index (χ3v) is 2.89. The summed E-state index contributed by atoms with van der Waals surface area (Å²) in [5.74, 6) is 0.173. The molecule has 0 bridgehead atoms. The van der Waals surface area contributed by atoms with Gasteiger partial charge in [0.2, 0.25) is 5.91 Å². The van der Waals surface area contributed by atoms with Crippen molar-refractivity contribution in [2.75, 3.05) is 6.54 Å². The highest BCUT2D eigenvalue weighted by atomic mass is 16.1. The minimum atomic E-state index is 0.173. The van der Waals surface area contributed by atoms with E-state index in [0.717, 1.165) is 19.5 Å². The van der Waals surface area contributed by atoms with Crippen molar-refractivity contribution in [1.29, 1.82) is 0 Å². The van der Waals surface area contributed by atoms with Gasteiger partial charge in [-0.05, 0) is 18.6 Å². The average Bonchev–Trinajstić information content (AvgIpc) is 2.63. The second-order valence-electron chi connectivity index (χ2n) is 4.03. The third kappa shape index (κ3) is 2.59. The van der Waals surface area contributed by atoms with Crippen LogP contribution in [-0.4, -0.2) is 23.1 Å². The van der Waals surface area contributed by atoms with Crippen LogP contribution < -0.4 is 10.6 Å². The Balaban J connectivity index is 1.79. The maximum atomic E-state index is 11.0. The molecule has 0 radical (unpaired) electrons. The normalized spacial score (nSPS) is 21.4. The van der Waals surface area contributed by atoms with Crippen LogP contribution in [0.4, 0.5) is 0 Å². The van der Waals surface area contributed by atoms with Gasteiger partial charge in [0.15, 0.2) is 0 Å². The van der Waals surface area contributed by atoms with Gasteiger partial charge in [0.1, 0.15) is 0 Å². The number of carbonyl (C=O) groups excluding carboxylic acids is 1. The van der Waals surface area contributed by atoms with Gasteiger partial charge >= 0.3 is 0 Å². The second-order valence-corrected chi connectivity index (χ2v) is 4.03. The lowest BCUT2D eigenvalue weighted by Gasteiger charge is -2.23. The van der Waals surface area contributed by atoms with Gasteiger partial charge in [0.05, 0.1) is 0 Å². The molecule has 1 aromatic heterocycles. The lowest BCUT2D eigenvalue weighted by molar-refractivity contribution is -0.122. The summed E-state index contributed by atoms with van der Waals surface area (Å²) in [5, 5.41) is 6.32. The molecule has 2 heterocycles. The van der Waals surface area contributed by atoms with Crippen molar-refractivity contribution >= 4 is 5.91 Å². The van der Waals surface area contributed by atoms with Crippen molar-refractivity contribution < 1.29 is 4.79 Å². The monoisotopic (exact) mass is 207 g/mol. The molecule has 1 aromatic rings. The Kier molecular flexibility index (Phi) is 3.06. The maximum Gasteiger partial charge on any atom is 0.220 e. The highest BCUT2D eigenvalue weighted by molar-refractivity contribution is 5.76. The van der Waals surface area contributed by atoms with Crippen molar-refractivity contribution in [3.05, 3.63) is 24.0 Å². The number of carbonyl (C=O) groups is 1. The Hall–Kier alpha value is -1.29. The van der Waals surface area contributed by atoms with Crippen molar-refractivity contribution in [2.45, 2.75) is 25.4 Å². The van der Waals surface area contributed by atoms with E-state index in [1.807, 2.05) is 19.3 Å². The van der Waals surface area contributed by atoms with E-state index in [-0.39, 0.29) is 5.91 Å². The number of nitrogens with zero attached hydrogens (tertiary/aromatic N) is 1. The molecular formula is C11H17N3O. The molecule has 0 aliphatic carbocycles. The van der Waals surface area contributed by atoms with Gasteiger partial charge < -0.3 is 15.2 Å². The smallest absolute Gasteiger partial charge is 0.220 e. The molecule has 1 amide bonds. The molecule has 0 saturated carbocycles. The number of aromatic nitrogens is 1. The Bertz CT molecular complexity index is 335. The van der Waals surface area contributed by atoms with Crippen LogP contribution in [0.15, 0.2) is 18.3 Å². The van der Waals surface area contributed by atoms with Crippen LogP contribution in [0.3, 0.4) is 0 Å². The fraction of sp³-hybridized carbons (Fsp3) is 0.545. The summed E-state index contributed by atoms with van der Waals surface area (Å²) >= 11 is 0. The SMILES string of the molecule is Cn1cccc1CNC1CCC(=O)NC1. The van der Waals surface area contributed by atoms with E-state index < -0.39 is 0 Å². The summed E-state index contributed by atoms with van der Waals surface area (Å²) in [6.07, 6.45) is 3.63. The van der Waals surface area contributed by atoms with E-state index in [4.69, 9.17) is 0 Å². The molecule has 2 N–H and O–H groups in total. The van der Waals surface area contributed by atoms with Crippen LogP contribution in [0.25, 0.3) is 0 Å². The molecule has 1 aliphatic heterocycles. The predicted octanol–water partition coefficient (Wildman–Crippen LogP) is 0.393. The molecule has 4 heteroatoms. The Labute approximate surface area is 89.7 Å². The van der Waals surface area contributed by atoms with E-state index in [1.54, 1.807) is 0 Å². The minimum Gasteiger partial charge on any atom is -0.355 e. The number of hydrogen-bond donors (Lipinski definition) is 2. The van der Waals surface area contributed by atoms with Gasteiger partial charge in [0.25, 0.3) is 0 Å². The summed E-state index contributed by atoms with van der Waals surface area (Å²) in [4.78, 5) is 11.0. The first-order chi connectivity index (χ1) is 7.25. The fourth-order valence-corrected chi connectivity index (χ4v) is 1.84. The lowest BCUT2D eigenvalue weighted by Crippen LogP contribution is -2.45. The molecule has 1 unspecified atom stereocenters. The largest absolute Gasteiger partial charge is 0.355 e. The van der Waals surface area contributed by atoms with E-state index in [9.17, 15) is 4.79 Å². The summed E-state index contributed by atoms with van der Waals surface area (Å²) in [7, 11) is 2.04. The molecule has 15 heavy (non-hydrogen) atoms. The van der Waals surface area contributed by atoms with Crippen molar-refractivity contribution in [3.63, 3.8) is 0 Å². The van der Waals surface area contributed by atoms with Crippen LogP contribution in [0.2, 0.25) is 0 Å². The average molecular weight is 207 g/mol. The second kappa shape index (κ2) is 4.49. The first-order valence-electron chi connectivity index (χ1n) is 5.36. The molecule has 2 rings (SSSR count). The zero-order valence-electron chi connectivity index (χ0n) is 8.99. The van der Waals surface area contributed by atoms with Crippen LogP contribution in [-0.2, 0) is 18.4 Å². The summed E-state index contributed by atoms with van der Waals surface area (Å²) < 4.78 is 2.11. The van der Waals surface area contributed by atoms with E-state index in [0.29, 0.717) is 12.5 Å². The van der Waals surface area contributed by atoms with Gasteiger partial charge in [0, 0.05) is 44.5 Å². The van der Waals surface area contributed by atoms with Crippen molar-refractivity contribution in [3.8, 4) is 0 Å². The molecular weight excluding hydrogens is 190 g/mol. The number of piperidine rings is 1. The Morgan fingerprint density at radius 2 is 2.53 bits per heavy atom. The molecule has 0 aromatic carbocycles. The zero-order valence-corrected chi connectivity index (χ0v) is 8.99. The Morgan fingerprint density at radius 3 is 3.13 bits per heavy atom. The molecule has 1 aliphatic rings. The standard InChI is InChI=1S/C11H17N3O/c1-14-6-2-3-10(14)8-12-9-4-5-11(15)13-7-9/h2-3,6,9,12H,4-5,7-8H2,1H3,(H,13,15). The Morgan fingerprint density at radius 1 is 1.67 bits per heavy atom. The number of amides is 1. The van der Waals surface area contributed by atoms with Crippen molar-refractivity contribution in [2.24, 2.45) is 7.05 Å². The number of rotatable bonds is 3. The van der Waals surface area contributed by atoms with Crippen LogP contribution in [0.1, 0.15) is 18.5 Å². The lowest BCUT2D eigenvalue weighted by atomic mass is 10.1. The molecule has 1 fully saturated rings. The van der Waals surface area contributed by atoms with E-state index in [1.165, 1.54) is 5.69 Å². The van der Waals surface area contributed by atoms with E-state index in [2.05, 4.69) is 21.3 Å². The van der Waals surface area contributed by atoms with Gasteiger partial charge in [-0.3, -0.25) is 4.79 Å². The summed E-state index contributed by atoms with van der Waals surface area (Å²) in [6, 6.07) is 4.56. The van der Waals surface area contributed by atoms with Gasteiger partial charge in [-0.15, -0.1) is 0 Å². The highest BCUT2D eigenvalue weighted by Crippen LogP contribution is 2.05. The first-order valence-corrected chi connectivity index (χ1v) is 5.36. The highest BCUT2D eigenvalue weighted by Gasteiger charge is 2.17. The van der Waals surface area contributed by atoms with Crippen LogP contribution in [0.5, 0.6) is 0 Å². The van der Waals surface area contributed by atoms with Gasteiger partial charge in [-0.25, -0.2) is 0 Å².